The van der Waals surface area contributed by atoms with Crippen LogP contribution in [-0.4, -0.2) is 64.9 Å². The van der Waals surface area contributed by atoms with Crippen LogP contribution in [-0.2, 0) is 4.79 Å². The number of piperidine rings is 1. The van der Waals surface area contributed by atoms with Crippen molar-refractivity contribution in [2.24, 2.45) is 5.92 Å². The Balaban J connectivity index is 1.19. The van der Waals surface area contributed by atoms with Crippen LogP contribution >= 0.6 is 0 Å². The van der Waals surface area contributed by atoms with Crippen molar-refractivity contribution in [3.05, 3.63) is 35.7 Å². The predicted octanol–water partition coefficient (Wildman–Crippen LogP) is 4.20. The Bertz CT molecular complexity index is 994. The molecule has 4 rings (SSSR count). The zero-order chi connectivity index (χ0) is 25.5. The highest BCUT2D eigenvalue weighted by Gasteiger charge is 2.29. The third-order valence-electron chi connectivity index (χ3n) is 7.00. The summed E-state index contributed by atoms with van der Waals surface area (Å²) in [6.07, 6.45) is 4.94. The van der Waals surface area contributed by atoms with E-state index in [0.717, 1.165) is 57.4 Å². The van der Waals surface area contributed by atoms with Gasteiger partial charge < -0.3 is 29.5 Å². The summed E-state index contributed by atoms with van der Waals surface area (Å²) in [5.74, 6) is 2.18. The molecule has 1 aromatic heterocycles. The molecule has 2 aliphatic rings. The number of aromatic nitrogens is 2. The number of rotatable bonds is 10. The Morgan fingerprint density at radius 1 is 1.14 bits per heavy atom. The Morgan fingerprint density at radius 3 is 2.44 bits per heavy atom. The summed E-state index contributed by atoms with van der Waals surface area (Å²) in [6.45, 7) is 7.93. The molecule has 10 heteroatoms. The number of amides is 2. The predicted molar refractivity (Wildman–Crippen MR) is 134 cm³/mol. The maximum Gasteiger partial charge on any atom is 0.405 e. The van der Waals surface area contributed by atoms with Crippen molar-refractivity contribution >= 4 is 18.0 Å². The van der Waals surface area contributed by atoms with E-state index < -0.39 is 12.1 Å². The monoisotopic (exact) mass is 499 g/mol. The van der Waals surface area contributed by atoms with Crippen molar-refractivity contribution in [1.82, 2.24) is 20.4 Å². The molecule has 0 radical (unpaired) electrons. The Labute approximate surface area is 212 Å². The number of carbonyl (C=O) groups is 2. The number of nitrogens with zero attached hydrogens (tertiary/aromatic N) is 4. The normalized spacial score (nSPS) is 17.4. The fourth-order valence-corrected chi connectivity index (χ4v) is 4.85. The molecule has 10 nitrogen and oxygen atoms in total. The molecule has 2 saturated heterocycles. The van der Waals surface area contributed by atoms with E-state index in [1.54, 1.807) is 29.2 Å². The second kappa shape index (κ2) is 12.1. The first kappa shape index (κ1) is 25.8. The first-order chi connectivity index (χ1) is 17.4. The van der Waals surface area contributed by atoms with Crippen LogP contribution in [0.5, 0.6) is 5.75 Å². The van der Waals surface area contributed by atoms with Crippen molar-refractivity contribution in [2.75, 3.05) is 37.7 Å². The van der Waals surface area contributed by atoms with Crippen LogP contribution in [0.25, 0.3) is 0 Å². The number of benzene rings is 1. The lowest BCUT2D eigenvalue weighted by molar-refractivity contribution is -0.132. The molecule has 36 heavy (non-hydrogen) atoms. The van der Waals surface area contributed by atoms with E-state index in [4.69, 9.17) is 9.26 Å². The Hall–Kier alpha value is -3.30. The van der Waals surface area contributed by atoms with Crippen LogP contribution < -0.4 is 15.0 Å². The average molecular weight is 500 g/mol. The van der Waals surface area contributed by atoms with Gasteiger partial charge in [0, 0.05) is 32.1 Å². The number of carboxylic acid groups (broad SMARTS) is 1. The zero-order valence-electron chi connectivity index (χ0n) is 21.2. The van der Waals surface area contributed by atoms with Crippen LogP contribution in [0.1, 0.15) is 75.7 Å². The van der Waals surface area contributed by atoms with E-state index in [0.29, 0.717) is 42.9 Å². The van der Waals surface area contributed by atoms with Gasteiger partial charge in [-0.1, -0.05) is 31.1 Å². The molecule has 2 aliphatic heterocycles. The Morgan fingerprint density at radius 2 is 1.83 bits per heavy atom. The minimum atomic E-state index is -1.21. The third kappa shape index (κ3) is 6.67. The first-order valence-electron chi connectivity index (χ1n) is 13.0. The van der Waals surface area contributed by atoms with Gasteiger partial charge in [-0.3, -0.25) is 4.79 Å². The number of hydrogen-bond acceptors (Lipinski definition) is 7. The van der Waals surface area contributed by atoms with Gasteiger partial charge in [0.15, 0.2) is 5.82 Å². The van der Waals surface area contributed by atoms with Crippen LogP contribution in [0.15, 0.2) is 28.8 Å². The lowest BCUT2D eigenvalue weighted by atomic mass is 9.92. The maximum atomic E-state index is 12.8. The minimum Gasteiger partial charge on any atom is -0.494 e. The molecule has 0 saturated carbocycles. The third-order valence-corrected chi connectivity index (χ3v) is 7.00. The molecular formula is C26H37N5O5. The lowest BCUT2D eigenvalue weighted by Crippen LogP contribution is -2.41. The standard InChI is InChI=1S/C26H37N5O5/c1-18(2)23-28-25(36-29-23)31-15-11-19(12-16-31)6-5-17-35-21-9-7-20(8-10-21)22(27-26(33)34)24(32)30-13-3-4-14-30/h7-10,18-19,22,27H,3-6,11-17H2,1-2H3,(H,33,34). The van der Waals surface area contributed by atoms with E-state index >= 15 is 0 Å². The molecule has 0 aliphatic carbocycles. The summed E-state index contributed by atoms with van der Waals surface area (Å²) in [5, 5.41) is 15.6. The number of anilines is 1. The van der Waals surface area contributed by atoms with Gasteiger partial charge in [0.25, 0.3) is 0 Å². The Kier molecular flexibility index (Phi) is 8.66. The molecule has 1 aromatic carbocycles. The van der Waals surface area contributed by atoms with Gasteiger partial charge >= 0.3 is 12.1 Å². The smallest absolute Gasteiger partial charge is 0.405 e. The maximum absolute atomic E-state index is 12.8. The molecule has 3 heterocycles. The first-order valence-corrected chi connectivity index (χ1v) is 13.0. The summed E-state index contributed by atoms with van der Waals surface area (Å²) in [5.41, 5.74) is 0.621. The van der Waals surface area contributed by atoms with E-state index in [2.05, 4.69) is 34.2 Å². The molecule has 1 atom stereocenters. The molecule has 2 amide bonds. The van der Waals surface area contributed by atoms with Gasteiger partial charge in [-0.25, -0.2) is 4.79 Å². The van der Waals surface area contributed by atoms with Gasteiger partial charge in [0.2, 0.25) is 5.91 Å². The number of nitrogens with one attached hydrogen (secondary N) is 1. The summed E-state index contributed by atoms with van der Waals surface area (Å²) >= 11 is 0. The average Bonchev–Trinajstić information content (AvgIpc) is 3.59. The molecular weight excluding hydrogens is 462 g/mol. The van der Waals surface area contributed by atoms with Crippen molar-refractivity contribution in [3.8, 4) is 5.75 Å². The van der Waals surface area contributed by atoms with Crippen LogP contribution in [0.3, 0.4) is 0 Å². The minimum absolute atomic E-state index is 0.200. The molecule has 2 N–H and O–H groups in total. The summed E-state index contributed by atoms with van der Waals surface area (Å²) in [7, 11) is 0. The van der Waals surface area contributed by atoms with Crippen molar-refractivity contribution in [2.45, 2.75) is 64.3 Å². The second-order valence-electron chi connectivity index (χ2n) is 9.99. The van der Waals surface area contributed by atoms with Crippen LogP contribution in [0.2, 0.25) is 0 Å². The SMILES string of the molecule is CC(C)c1noc(N2CCC(CCCOc3ccc(C(NC(=O)O)C(=O)N4CCCC4)cc3)CC2)n1. The quantitative estimate of drug-likeness (QED) is 0.467. The highest BCUT2D eigenvalue weighted by Crippen LogP contribution is 2.27. The van der Waals surface area contributed by atoms with E-state index in [-0.39, 0.29) is 11.8 Å². The molecule has 1 unspecified atom stereocenters. The van der Waals surface area contributed by atoms with Gasteiger partial charge in [-0.05, 0) is 62.1 Å². The largest absolute Gasteiger partial charge is 0.494 e. The topological polar surface area (TPSA) is 121 Å². The lowest BCUT2D eigenvalue weighted by Gasteiger charge is -2.30. The second-order valence-corrected chi connectivity index (χ2v) is 9.99. The van der Waals surface area contributed by atoms with Crippen molar-refractivity contribution < 1.29 is 24.0 Å². The summed E-state index contributed by atoms with van der Waals surface area (Å²) in [6, 6.07) is 6.87. The van der Waals surface area contributed by atoms with Crippen molar-refractivity contribution in [3.63, 3.8) is 0 Å². The van der Waals surface area contributed by atoms with E-state index in [1.807, 2.05) is 0 Å². The fraction of sp³-hybridized carbons (Fsp3) is 0.615. The highest BCUT2D eigenvalue weighted by atomic mass is 16.5. The van der Waals surface area contributed by atoms with E-state index in [9.17, 15) is 14.7 Å². The van der Waals surface area contributed by atoms with E-state index in [1.165, 1.54) is 0 Å². The summed E-state index contributed by atoms with van der Waals surface area (Å²) in [4.78, 5) is 32.5. The van der Waals surface area contributed by atoms with Gasteiger partial charge in [-0.15, -0.1) is 0 Å². The highest BCUT2D eigenvalue weighted by molar-refractivity contribution is 5.86. The molecule has 2 fully saturated rings. The van der Waals surface area contributed by atoms with Crippen LogP contribution in [0.4, 0.5) is 10.8 Å². The number of carbonyl (C=O) groups excluding carboxylic acids is 1. The van der Waals surface area contributed by atoms with Gasteiger partial charge in [0.1, 0.15) is 11.8 Å². The summed E-state index contributed by atoms with van der Waals surface area (Å²) < 4.78 is 11.3. The fourth-order valence-electron chi connectivity index (χ4n) is 4.85. The molecule has 2 aromatic rings. The van der Waals surface area contributed by atoms with Gasteiger partial charge in [0.05, 0.1) is 6.61 Å². The van der Waals surface area contributed by atoms with Crippen LogP contribution in [0, 0.1) is 5.92 Å². The van der Waals surface area contributed by atoms with Gasteiger partial charge in [-0.2, -0.15) is 4.98 Å². The molecule has 196 valence electrons. The number of likely N-dealkylation sites (tertiary alicyclic amines) is 1. The molecule has 0 bridgehead atoms. The van der Waals surface area contributed by atoms with Crippen molar-refractivity contribution in [1.29, 1.82) is 0 Å². The zero-order valence-corrected chi connectivity index (χ0v) is 21.2. The number of hydrogen-bond donors (Lipinski definition) is 2. The molecule has 0 spiro atoms. The number of ether oxygens (including phenoxy) is 1.